The van der Waals surface area contributed by atoms with Crippen molar-refractivity contribution in [3.05, 3.63) is 36.4 Å². The Bertz CT molecular complexity index is 836. The number of hydrogen-bond donors (Lipinski definition) is 0. The molecule has 0 saturated heterocycles. The van der Waals surface area contributed by atoms with Crippen LogP contribution in [-0.2, 0) is 17.9 Å². The highest BCUT2D eigenvalue weighted by Crippen LogP contribution is 2.19. The number of amides is 1. The molecule has 8 heteroatoms. The van der Waals surface area contributed by atoms with Crippen molar-refractivity contribution in [1.82, 2.24) is 34.7 Å². The molecule has 0 bridgehead atoms. The van der Waals surface area contributed by atoms with Crippen molar-refractivity contribution in [1.29, 1.82) is 0 Å². The van der Waals surface area contributed by atoms with Gasteiger partial charge in [0, 0.05) is 13.1 Å². The molecule has 1 aromatic carbocycles. The number of aromatic nitrogens is 6. The zero-order valence-corrected chi connectivity index (χ0v) is 12.1. The first-order valence-corrected chi connectivity index (χ1v) is 7.19. The standard InChI is InChI=1S/C14H15N7O/c1-10(21-12-5-3-2-4-11(12)16-18-21)14(22)19-6-7-20-9-15-17-13(20)8-19/h2-5,9-10H,6-8H2,1H3. The third-order valence-corrected chi connectivity index (χ3v) is 4.05. The molecule has 1 atom stereocenters. The smallest absolute Gasteiger partial charge is 0.247 e. The molecule has 0 radical (unpaired) electrons. The monoisotopic (exact) mass is 297 g/mol. The summed E-state index contributed by atoms with van der Waals surface area (Å²) >= 11 is 0. The van der Waals surface area contributed by atoms with E-state index in [4.69, 9.17) is 0 Å². The molecule has 0 saturated carbocycles. The fourth-order valence-corrected chi connectivity index (χ4v) is 2.80. The van der Waals surface area contributed by atoms with Crippen LogP contribution in [0.15, 0.2) is 30.6 Å². The van der Waals surface area contributed by atoms with E-state index >= 15 is 0 Å². The van der Waals surface area contributed by atoms with E-state index in [1.165, 1.54) is 0 Å². The van der Waals surface area contributed by atoms with Gasteiger partial charge in [-0.15, -0.1) is 15.3 Å². The number of carbonyl (C=O) groups is 1. The van der Waals surface area contributed by atoms with E-state index in [0.29, 0.717) is 13.1 Å². The van der Waals surface area contributed by atoms with Crippen LogP contribution in [0.1, 0.15) is 18.8 Å². The summed E-state index contributed by atoms with van der Waals surface area (Å²) in [7, 11) is 0. The predicted octanol–water partition coefficient (Wildman–Crippen LogP) is 0.626. The number of carbonyl (C=O) groups excluding carboxylic acids is 1. The van der Waals surface area contributed by atoms with Crippen molar-refractivity contribution in [2.75, 3.05) is 6.54 Å². The first-order chi connectivity index (χ1) is 10.7. The highest BCUT2D eigenvalue weighted by atomic mass is 16.2. The number of hydrogen-bond acceptors (Lipinski definition) is 5. The fraction of sp³-hybridized carbons (Fsp3) is 0.357. The lowest BCUT2D eigenvalue weighted by molar-refractivity contribution is -0.136. The first-order valence-electron chi connectivity index (χ1n) is 7.19. The van der Waals surface area contributed by atoms with Gasteiger partial charge in [-0.1, -0.05) is 17.3 Å². The van der Waals surface area contributed by atoms with Gasteiger partial charge in [0.25, 0.3) is 0 Å². The minimum absolute atomic E-state index is 0.0184. The molecule has 1 aliphatic heterocycles. The van der Waals surface area contributed by atoms with Crippen molar-refractivity contribution >= 4 is 16.9 Å². The van der Waals surface area contributed by atoms with Crippen molar-refractivity contribution in [3.8, 4) is 0 Å². The quantitative estimate of drug-likeness (QED) is 0.693. The highest BCUT2D eigenvalue weighted by molar-refractivity contribution is 5.83. The van der Waals surface area contributed by atoms with E-state index in [1.54, 1.807) is 15.9 Å². The van der Waals surface area contributed by atoms with Crippen LogP contribution in [0.25, 0.3) is 11.0 Å². The minimum atomic E-state index is -0.401. The normalized spacial score (nSPS) is 15.8. The lowest BCUT2D eigenvalue weighted by Gasteiger charge is -2.29. The second-order valence-electron chi connectivity index (χ2n) is 5.40. The molecule has 0 spiro atoms. The Labute approximate surface area is 126 Å². The molecule has 1 aliphatic rings. The van der Waals surface area contributed by atoms with Crippen LogP contribution in [0.4, 0.5) is 0 Å². The van der Waals surface area contributed by atoms with Gasteiger partial charge in [0.05, 0.1) is 12.1 Å². The average Bonchev–Trinajstić information content (AvgIpc) is 3.19. The van der Waals surface area contributed by atoms with Crippen molar-refractivity contribution < 1.29 is 4.79 Å². The molecule has 2 aromatic heterocycles. The zero-order chi connectivity index (χ0) is 15.1. The highest BCUT2D eigenvalue weighted by Gasteiger charge is 2.27. The number of benzene rings is 1. The van der Waals surface area contributed by atoms with Crippen molar-refractivity contribution in [2.45, 2.75) is 26.1 Å². The van der Waals surface area contributed by atoms with Crippen LogP contribution in [0.5, 0.6) is 0 Å². The van der Waals surface area contributed by atoms with E-state index in [-0.39, 0.29) is 5.91 Å². The molecule has 3 heterocycles. The summed E-state index contributed by atoms with van der Waals surface area (Å²) in [6, 6.07) is 7.24. The largest absolute Gasteiger partial charge is 0.332 e. The summed E-state index contributed by atoms with van der Waals surface area (Å²) in [5.74, 6) is 0.833. The van der Waals surface area contributed by atoms with E-state index in [1.807, 2.05) is 35.8 Å². The lowest BCUT2D eigenvalue weighted by Crippen LogP contribution is -2.41. The molecule has 3 aromatic rings. The molecule has 8 nitrogen and oxygen atoms in total. The van der Waals surface area contributed by atoms with E-state index in [2.05, 4.69) is 20.5 Å². The first kappa shape index (κ1) is 12.9. The Hall–Kier alpha value is -2.77. The molecule has 0 N–H and O–H groups in total. The molecule has 0 fully saturated rings. The molecule has 1 amide bonds. The summed E-state index contributed by atoms with van der Waals surface area (Å²) < 4.78 is 3.65. The maximum absolute atomic E-state index is 12.8. The van der Waals surface area contributed by atoms with Crippen LogP contribution in [0.2, 0.25) is 0 Å². The molecule has 0 aliphatic carbocycles. The molecule has 4 rings (SSSR count). The molecule has 1 unspecified atom stereocenters. The van der Waals surface area contributed by atoms with Crippen LogP contribution < -0.4 is 0 Å². The van der Waals surface area contributed by atoms with Gasteiger partial charge >= 0.3 is 0 Å². The topological polar surface area (TPSA) is 81.7 Å². The summed E-state index contributed by atoms with van der Waals surface area (Å²) in [6.07, 6.45) is 1.70. The van der Waals surface area contributed by atoms with Gasteiger partial charge in [-0.3, -0.25) is 4.79 Å². The van der Waals surface area contributed by atoms with E-state index in [0.717, 1.165) is 23.4 Å². The van der Waals surface area contributed by atoms with Gasteiger partial charge < -0.3 is 9.47 Å². The van der Waals surface area contributed by atoms with Gasteiger partial charge in [-0.05, 0) is 19.1 Å². The summed E-state index contributed by atoms with van der Waals surface area (Å²) in [5.41, 5.74) is 1.66. The predicted molar refractivity (Wildman–Crippen MR) is 77.7 cm³/mol. The fourth-order valence-electron chi connectivity index (χ4n) is 2.80. The third kappa shape index (κ3) is 1.95. The number of para-hydroxylation sites is 1. The number of nitrogens with zero attached hydrogens (tertiary/aromatic N) is 7. The maximum Gasteiger partial charge on any atom is 0.247 e. The number of rotatable bonds is 2. The average molecular weight is 297 g/mol. The summed E-state index contributed by atoms with van der Waals surface area (Å²) in [6.45, 7) is 3.71. The van der Waals surface area contributed by atoms with Crippen molar-refractivity contribution in [2.24, 2.45) is 0 Å². The van der Waals surface area contributed by atoms with Gasteiger partial charge in [0.2, 0.25) is 5.91 Å². The SMILES string of the molecule is CC(C(=O)N1CCn2cnnc2C1)n1nnc2ccccc21. The molecular weight excluding hydrogens is 282 g/mol. The zero-order valence-electron chi connectivity index (χ0n) is 12.1. The number of fused-ring (bicyclic) bond motifs is 2. The van der Waals surface area contributed by atoms with Crippen LogP contribution in [0.3, 0.4) is 0 Å². The summed E-state index contributed by atoms with van der Waals surface area (Å²) in [5, 5.41) is 16.2. The van der Waals surface area contributed by atoms with Crippen molar-refractivity contribution in [3.63, 3.8) is 0 Å². The van der Waals surface area contributed by atoms with Crippen LogP contribution in [0, 0.1) is 0 Å². The second kappa shape index (κ2) is 4.90. The van der Waals surface area contributed by atoms with Gasteiger partial charge in [-0.2, -0.15) is 0 Å². The molecular formula is C14H15N7O. The van der Waals surface area contributed by atoms with Gasteiger partial charge in [0.1, 0.15) is 17.9 Å². The Morgan fingerprint density at radius 2 is 2.09 bits per heavy atom. The second-order valence-corrected chi connectivity index (χ2v) is 5.40. The van der Waals surface area contributed by atoms with Gasteiger partial charge in [0.15, 0.2) is 5.82 Å². The lowest BCUT2D eigenvalue weighted by atomic mass is 10.2. The Morgan fingerprint density at radius 3 is 3.00 bits per heavy atom. The Balaban J connectivity index is 1.60. The van der Waals surface area contributed by atoms with E-state index < -0.39 is 6.04 Å². The van der Waals surface area contributed by atoms with Crippen LogP contribution >= 0.6 is 0 Å². The molecule has 22 heavy (non-hydrogen) atoms. The Kier molecular flexibility index (Phi) is 2.88. The van der Waals surface area contributed by atoms with Crippen LogP contribution in [-0.4, -0.2) is 47.1 Å². The summed E-state index contributed by atoms with van der Waals surface area (Å²) in [4.78, 5) is 14.5. The van der Waals surface area contributed by atoms with E-state index in [9.17, 15) is 4.79 Å². The van der Waals surface area contributed by atoms with Gasteiger partial charge in [-0.25, -0.2) is 4.68 Å². The Morgan fingerprint density at radius 1 is 1.23 bits per heavy atom. The maximum atomic E-state index is 12.8. The third-order valence-electron chi connectivity index (χ3n) is 4.05. The minimum Gasteiger partial charge on any atom is -0.332 e. The molecule has 112 valence electrons.